The summed E-state index contributed by atoms with van der Waals surface area (Å²) in [5.41, 5.74) is 3.02. The minimum atomic E-state index is -0.569. The largest absolute Gasteiger partial charge is 0.341 e. The van der Waals surface area contributed by atoms with Crippen LogP contribution in [0.5, 0.6) is 0 Å². The van der Waals surface area contributed by atoms with E-state index in [4.69, 9.17) is 11.6 Å². The Hall–Kier alpha value is -2.86. The summed E-state index contributed by atoms with van der Waals surface area (Å²) >= 11 is 6.31. The maximum Gasteiger partial charge on any atom is 0.256 e. The number of likely N-dealkylation sites (tertiary alicyclic amines) is 1. The number of nitrogens with one attached hydrogen (secondary N) is 1. The number of rotatable bonds is 3. The summed E-state index contributed by atoms with van der Waals surface area (Å²) in [6, 6.07) is 12.0. The zero-order valence-electron chi connectivity index (χ0n) is 17.6. The van der Waals surface area contributed by atoms with Crippen molar-refractivity contribution in [2.75, 3.05) is 18.4 Å². The number of piperidine rings is 1. The van der Waals surface area contributed by atoms with E-state index >= 15 is 0 Å². The molecule has 2 aromatic carbocycles. The van der Waals surface area contributed by atoms with Gasteiger partial charge in [0.2, 0.25) is 11.8 Å². The van der Waals surface area contributed by atoms with Crippen molar-refractivity contribution >= 4 is 35.0 Å². The first-order chi connectivity index (χ1) is 14.9. The number of nitrogens with zero attached hydrogens (tertiary/aromatic N) is 2. The van der Waals surface area contributed by atoms with Gasteiger partial charge < -0.3 is 15.1 Å². The molecule has 0 radical (unpaired) electrons. The van der Waals surface area contributed by atoms with E-state index in [0.29, 0.717) is 22.7 Å². The summed E-state index contributed by atoms with van der Waals surface area (Å²) in [5, 5.41) is 3.16. The van der Waals surface area contributed by atoms with E-state index in [0.717, 1.165) is 43.5 Å². The van der Waals surface area contributed by atoms with E-state index in [2.05, 4.69) is 5.32 Å². The lowest BCUT2D eigenvalue weighted by Crippen LogP contribution is -2.54. The number of benzene rings is 2. The third-order valence-corrected chi connectivity index (χ3v) is 6.30. The molecule has 1 atom stereocenters. The standard InChI is InChI=1S/C24H26ClN3O3/c1-16(29)26-19-10-9-17-14-22(24(31)27-11-5-2-6-12-27)28(15-18(17)13-19)23(30)20-7-3-4-8-21(20)25/h3-4,7-10,13,22H,2,5-6,11-12,14-15H2,1H3,(H,26,29)/t22-/m1/s1. The quantitative estimate of drug-likeness (QED) is 0.789. The van der Waals surface area contributed by atoms with Gasteiger partial charge in [-0.1, -0.05) is 29.8 Å². The van der Waals surface area contributed by atoms with Crippen LogP contribution in [0.25, 0.3) is 0 Å². The van der Waals surface area contributed by atoms with Gasteiger partial charge in [-0.05, 0) is 54.7 Å². The molecule has 1 N–H and O–H groups in total. The van der Waals surface area contributed by atoms with Crippen LogP contribution < -0.4 is 5.32 Å². The summed E-state index contributed by atoms with van der Waals surface area (Å²) in [6.07, 6.45) is 3.56. The number of carbonyl (C=O) groups excluding carboxylic acids is 3. The number of hydrogen-bond donors (Lipinski definition) is 1. The third-order valence-electron chi connectivity index (χ3n) is 5.97. The van der Waals surface area contributed by atoms with Crippen LogP contribution in [0.4, 0.5) is 5.69 Å². The summed E-state index contributed by atoms with van der Waals surface area (Å²) in [4.78, 5) is 41.9. The molecule has 6 nitrogen and oxygen atoms in total. The number of halogens is 1. The van der Waals surface area contributed by atoms with Crippen LogP contribution in [0.15, 0.2) is 42.5 Å². The maximum atomic E-state index is 13.5. The van der Waals surface area contributed by atoms with Crippen molar-refractivity contribution in [3.63, 3.8) is 0 Å². The fourth-order valence-electron chi connectivity index (χ4n) is 4.41. The molecule has 0 bridgehead atoms. The van der Waals surface area contributed by atoms with Gasteiger partial charge in [0.25, 0.3) is 5.91 Å². The highest BCUT2D eigenvalue weighted by Gasteiger charge is 2.38. The topological polar surface area (TPSA) is 69.7 Å². The summed E-state index contributed by atoms with van der Waals surface area (Å²) in [7, 11) is 0. The molecular formula is C24H26ClN3O3. The van der Waals surface area contributed by atoms with Crippen LogP contribution in [0.2, 0.25) is 5.02 Å². The van der Waals surface area contributed by atoms with Gasteiger partial charge >= 0.3 is 0 Å². The number of fused-ring (bicyclic) bond motifs is 1. The Kier molecular flexibility index (Phi) is 6.28. The van der Waals surface area contributed by atoms with E-state index < -0.39 is 6.04 Å². The Labute approximate surface area is 187 Å². The van der Waals surface area contributed by atoms with Gasteiger partial charge in [-0.2, -0.15) is 0 Å². The van der Waals surface area contributed by atoms with Crippen molar-refractivity contribution in [1.29, 1.82) is 0 Å². The van der Waals surface area contributed by atoms with E-state index in [-0.39, 0.29) is 24.3 Å². The average molecular weight is 440 g/mol. The molecule has 0 spiro atoms. The predicted molar refractivity (Wildman–Crippen MR) is 120 cm³/mol. The number of hydrogen-bond acceptors (Lipinski definition) is 3. The smallest absolute Gasteiger partial charge is 0.256 e. The van der Waals surface area contributed by atoms with Gasteiger partial charge in [-0.3, -0.25) is 14.4 Å². The molecule has 3 amide bonds. The first-order valence-electron chi connectivity index (χ1n) is 10.7. The van der Waals surface area contributed by atoms with Crippen molar-refractivity contribution in [2.24, 2.45) is 0 Å². The number of carbonyl (C=O) groups is 3. The highest BCUT2D eigenvalue weighted by molar-refractivity contribution is 6.33. The zero-order valence-corrected chi connectivity index (χ0v) is 18.3. The van der Waals surface area contributed by atoms with Crippen LogP contribution in [0, 0.1) is 0 Å². The van der Waals surface area contributed by atoms with Crippen molar-refractivity contribution in [2.45, 2.75) is 45.2 Å². The normalized spacial score (nSPS) is 18.3. The highest BCUT2D eigenvalue weighted by atomic mass is 35.5. The van der Waals surface area contributed by atoms with Gasteiger partial charge in [0, 0.05) is 38.7 Å². The molecule has 7 heteroatoms. The van der Waals surface area contributed by atoms with Crippen molar-refractivity contribution in [3.05, 3.63) is 64.2 Å². The van der Waals surface area contributed by atoms with Gasteiger partial charge in [0.15, 0.2) is 0 Å². The molecule has 162 valence electrons. The van der Waals surface area contributed by atoms with Crippen LogP contribution in [0.3, 0.4) is 0 Å². The van der Waals surface area contributed by atoms with Crippen LogP contribution in [-0.4, -0.2) is 46.7 Å². The Morgan fingerprint density at radius 2 is 1.74 bits per heavy atom. The van der Waals surface area contributed by atoms with Gasteiger partial charge in [-0.25, -0.2) is 0 Å². The molecule has 2 aliphatic rings. The second-order valence-corrected chi connectivity index (χ2v) is 8.59. The number of anilines is 1. The molecule has 1 fully saturated rings. The van der Waals surface area contributed by atoms with Crippen molar-refractivity contribution in [3.8, 4) is 0 Å². The predicted octanol–water partition coefficient (Wildman–Crippen LogP) is 3.88. The van der Waals surface area contributed by atoms with Gasteiger partial charge in [0.1, 0.15) is 6.04 Å². The second kappa shape index (κ2) is 9.10. The molecule has 31 heavy (non-hydrogen) atoms. The lowest BCUT2D eigenvalue weighted by molar-refractivity contribution is -0.137. The Bertz CT molecular complexity index is 1020. The molecule has 1 saturated heterocycles. The van der Waals surface area contributed by atoms with Gasteiger partial charge in [-0.15, -0.1) is 0 Å². The van der Waals surface area contributed by atoms with Crippen LogP contribution in [0.1, 0.15) is 47.7 Å². The average Bonchev–Trinajstić information content (AvgIpc) is 2.78. The summed E-state index contributed by atoms with van der Waals surface area (Å²) in [6.45, 7) is 3.21. The van der Waals surface area contributed by atoms with E-state index in [1.54, 1.807) is 29.2 Å². The highest BCUT2D eigenvalue weighted by Crippen LogP contribution is 2.30. The Morgan fingerprint density at radius 1 is 1.00 bits per heavy atom. The number of amides is 3. The fourth-order valence-corrected chi connectivity index (χ4v) is 4.63. The SMILES string of the molecule is CC(=O)Nc1ccc2c(c1)CN(C(=O)c1ccccc1Cl)[C@@H](C(=O)N1CCCCC1)C2. The molecule has 0 saturated carbocycles. The lowest BCUT2D eigenvalue weighted by Gasteiger charge is -2.40. The van der Waals surface area contributed by atoms with Gasteiger partial charge in [0.05, 0.1) is 10.6 Å². The molecule has 0 unspecified atom stereocenters. The molecule has 2 aromatic rings. The molecule has 0 aromatic heterocycles. The molecule has 0 aliphatic carbocycles. The van der Waals surface area contributed by atoms with E-state index in [1.165, 1.54) is 6.92 Å². The molecule has 4 rings (SSSR count). The first kappa shape index (κ1) is 21.4. The molecule has 2 heterocycles. The van der Waals surface area contributed by atoms with Crippen molar-refractivity contribution < 1.29 is 14.4 Å². The van der Waals surface area contributed by atoms with Crippen molar-refractivity contribution in [1.82, 2.24) is 9.80 Å². The van der Waals surface area contributed by atoms with E-state index in [9.17, 15) is 14.4 Å². The fraction of sp³-hybridized carbons (Fsp3) is 0.375. The first-order valence-corrected chi connectivity index (χ1v) is 11.1. The third kappa shape index (κ3) is 4.59. The summed E-state index contributed by atoms with van der Waals surface area (Å²) in [5.74, 6) is -0.411. The zero-order chi connectivity index (χ0) is 22.0. The maximum absolute atomic E-state index is 13.5. The Balaban J connectivity index is 1.69. The molecular weight excluding hydrogens is 414 g/mol. The van der Waals surface area contributed by atoms with Crippen LogP contribution >= 0.6 is 11.6 Å². The van der Waals surface area contributed by atoms with Crippen LogP contribution in [-0.2, 0) is 22.6 Å². The Morgan fingerprint density at radius 3 is 2.45 bits per heavy atom. The minimum absolute atomic E-state index is 0.00306. The minimum Gasteiger partial charge on any atom is -0.341 e. The molecule has 2 aliphatic heterocycles. The van der Waals surface area contributed by atoms with E-state index in [1.807, 2.05) is 23.1 Å². The lowest BCUT2D eigenvalue weighted by atomic mass is 9.91. The summed E-state index contributed by atoms with van der Waals surface area (Å²) < 4.78 is 0. The monoisotopic (exact) mass is 439 g/mol. The second-order valence-electron chi connectivity index (χ2n) is 8.18.